The molecule has 180 valence electrons. The number of ether oxygens (including phenoxy) is 2. The summed E-state index contributed by atoms with van der Waals surface area (Å²) in [5.74, 6) is 1.87. The summed E-state index contributed by atoms with van der Waals surface area (Å²) in [4.78, 5) is 26.3. The van der Waals surface area contributed by atoms with E-state index in [0.717, 1.165) is 26.1 Å². The van der Waals surface area contributed by atoms with Gasteiger partial charge in [0.15, 0.2) is 11.5 Å². The molecule has 0 spiro atoms. The third kappa shape index (κ3) is 3.87. The second kappa shape index (κ2) is 8.92. The highest BCUT2D eigenvalue weighted by Gasteiger charge is 2.67. The van der Waals surface area contributed by atoms with Crippen LogP contribution in [0.4, 0.5) is 0 Å². The molecule has 5 aliphatic rings. The van der Waals surface area contributed by atoms with Crippen molar-refractivity contribution < 1.29 is 19.1 Å². The number of halogens is 2. The maximum Gasteiger partial charge on any atom is 0.254 e. The van der Waals surface area contributed by atoms with Crippen molar-refractivity contribution in [3.8, 4) is 11.5 Å². The Morgan fingerprint density at radius 3 is 2.43 bits per heavy atom. The van der Waals surface area contributed by atoms with E-state index in [9.17, 15) is 9.59 Å². The molecule has 1 aliphatic heterocycles. The van der Waals surface area contributed by atoms with Crippen LogP contribution in [-0.2, 0) is 16.2 Å². The maximum absolute atomic E-state index is 13.2. The lowest BCUT2D eigenvalue weighted by Crippen LogP contribution is -2.40. The first kappa shape index (κ1) is 23.0. The zero-order valence-electron chi connectivity index (χ0n) is 19.1. The van der Waals surface area contributed by atoms with E-state index in [1.165, 1.54) is 0 Å². The highest BCUT2D eigenvalue weighted by Crippen LogP contribution is 2.65. The number of amides is 2. The van der Waals surface area contributed by atoms with Gasteiger partial charge >= 0.3 is 0 Å². The highest BCUT2D eigenvalue weighted by molar-refractivity contribution is 14.1. The van der Waals surface area contributed by atoms with Crippen molar-refractivity contribution in [3.63, 3.8) is 0 Å². The third-order valence-corrected chi connectivity index (χ3v) is 8.79. The fourth-order valence-corrected chi connectivity index (χ4v) is 6.98. The van der Waals surface area contributed by atoms with Crippen molar-refractivity contribution in [3.05, 3.63) is 68.3 Å². The normalized spacial score (nSPS) is 30.1. The van der Waals surface area contributed by atoms with Crippen LogP contribution < -0.4 is 9.47 Å². The largest absolute Gasteiger partial charge is 0.490 e. The van der Waals surface area contributed by atoms with E-state index in [1.807, 2.05) is 43.3 Å². The smallest absolute Gasteiger partial charge is 0.254 e. The number of hydrazone groups is 1. The fraction of sp³-hybridized carbons (Fsp3) is 0.370. The number of rotatable bonds is 7. The summed E-state index contributed by atoms with van der Waals surface area (Å²) in [6.07, 6.45) is 7.03. The Labute approximate surface area is 222 Å². The van der Waals surface area contributed by atoms with E-state index < -0.39 is 0 Å². The summed E-state index contributed by atoms with van der Waals surface area (Å²) < 4.78 is 12.7. The molecule has 3 fully saturated rings. The summed E-state index contributed by atoms with van der Waals surface area (Å²) in [6.45, 7) is 2.67. The number of hydrogen-bond acceptors (Lipinski definition) is 5. The number of carbonyl (C=O) groups is 2. The molecule has 2 aromatic rings. The van der Waals surface area contributed by atoms with Crippen LogP contribution in [0.25, 0.3) is 0 Å². The average Bonchev–Trinajstić information content (AvgIpc) is 3.63. The minimum absolute atomic E-state index is 0.166. The van der Waals surface area contributed by atoms with Gasteiger partial charge in [0, 0.05) is 10.6 Å². The van der Waals surface area contributed by atoms with Gasteiger partial charge < -0.3 is 9.47 Å². The molecule has 0 N–H and O–H groups in total. The van der Waals surface area contributed by atoms with Gasteiger partial charge in [-0.1, -0.05) is 42.0 Å². The van der Waals surface area contributed by atoms with Crippen LogP contribution in [0.15, 0.2) is 53.7 Å². The first-order valence-electron chi connectivity index (χ1n) is 11.9. The Bertz CT molecular complexity index is 1240. The lowest BCUT2D eigenvalue weighted by molar-refractivity contribution is -0.140. The predicted molar refractivity (Wildman–Crippen MR) is 140 cm³/mol. The minimum atomic E-state index is -0.252. The van der Waals surface area contributed by atoms with Gasteiger partial charge in [0.1, 0.15) is 6.61 Å². The van der Waals surface area contributed by atoms with E-state index >= 15 is 0 Å². The van der Waals surface area contributed by atoms with Crippen molar-refractivity contribution >= 4 is 52.2 Å². The van der Waals surface area contributed by atoms with Gasteiger partial charge in [0.2, 0.25) is 0 Å². The van der Waals surface area contributed by atoms with Crippen LogP contribution in [0.5, 0.6) is 11.5 Å². The molecule has 0 aromatic heterocycles. The SMILES string of the molecule is CCOc1cc(/C=N\N2C(=O)[C@@H]3[C@H]4C=C[C@@H]([C@@H]5C[C@H]45)[C@@H]3C2=O)cc(I)c1OCc1ccccc1Cl. The number of hydrogen-bond donors (Lipinski definition) is 0. The molecule has 6 nitrogen and oxygen atoms in total. The molecule has 4 aliphatic carbocycles. The monoisotopic (exact) mass is 602 g/mol. The number of benzene rings is 2. The van der Waals surface area contributed by atoms with Crippen molar-refractivity contribution in [1.82, 2.24) is 5.01 Å². The molecule has 2 bridgehead atoms. The summed E-state index contributed by atoms with van der Waals surface area (Å²) >= 11 is 8.46. The molecule has 35 heavy (non-hydrogen) atoms. The number of nitrogens with zero attached hydrogens (tertiary/aromatic N) is 2. The Kier molecular flexibility index (Phi) is 5.87. The maximum atomic E-state index is 13.2. The van der Waals surface area contributed by atoms with Crippen molar-refractivity contribution in [2.24, 2.45) is 40.6 Å². The molecule has 0 unspecified atom stereocenters. The van der Waals surface area contributed by atoms with Gasteiger partial charge in [-0.15, -0.1) is 0 Å². The lowest BCUT2D eigenvalue weighted by atomic mass is 9.63. The summed E-state index contributed by atoms with van der Waals surface area (Å²) in [6, 6.07) is 11.3. The Hall–Kier alpha value is -2.39. The van der Waals surface area contributed by atoms with E-state index in [1.54, 1.807) is 6.21 Å². The summed E-state index contributed by atoms with van der Waals surface area (Å²) in [7, 11) is 0. The molecular weight excluding hydrogens is 579 g/mol. The second-order valence-electron chi connectivity index (χ2n) is 9.53. The minimum Gasteiger partial charge on any atom is -0.490 e. The fourth-order valence-electron chi connectivity index (χ4n) is 6.01. The summed E-state index contributed by atoms with van der Waals surface area (Å²) in [5, 5.41) is 6.10. The van der Waals surface area contributed by atoms with Gasteiger partial charge in [0.05, 0.1) is 28.2 Å². The van der Waals surface area contributed by atoms with Crippen LogP contribution in [0.3, 0.4) is 0 Å². The van der Waals surface area contributed by atoms with Crippen molar-refractivity contribution in [2.45, 2.75) is 20.0 Å². The topological polar surface area (TPSA) is 68.2 Å². The first-order chi connectivity index (χ1) is 17.0. The van der Waals surface area contributed by atoms with Crippen LogP contribution in [0, 0.1) is 39.1 Å². The number of carbonyl (C=O) groups excluding carboxylic acids is 2. The standard InChI is InChI=1S/C27H24ClIN2O4/c1-2-34-22-10-14(9-21(29)25(22)35-13-15-5-3-4-6-20(15)28)12-30-31-26(32)23-16-7-8-17(19-11-18(16)19)24(23)27(31)33/h3-10,12,16-19,23-24H,2,11,13H2,1H3/b30-12-/t16-,17-,18-,19+,23-,24+/m0/s1. The number of imide groups is 1. The average molecular weight is 603 g/mol. The molecule has 7 rings (SSSR count). The predicted octanol–water partition coefficient (Wildman–Crippen LogP) is 5.31. The molecule has 2 amide bonds. The van der Waals surface area contributed by atoms with Crippen LogP contribution in [-0.4, -0.2) is 29.6 Å². The van der Waals surface area contributed by atoms with Gasteiger partial charge in [0.25, 0.3) is 11.8 Å². The van der Waals surface area contributed by atoms with Crippen LogP contribution >= 0.6 is 34.2 Å². The van der Waals surface area contributed by atoms with Gasteiger partial charge in [-0.2, -0.15) is 10.1 Å². The van der Waals surface area contributed by atoms with E-state index in [4.69, 9.17) is 21.1 Å². The van der Waals surface area contributed by atoms with Gasteiger partial charge in [-0.3, -0.25) is 9.59 Å². The van der Waals surface area contributed by atoms with Crippen molar-refractivity contribution in [2.75, 3.05) is 6.61 Å². The zero-order chi connectivity index (χ0) is 24.3. The summed E-state index contributed by atoms with van der Waals surface area (Å²) in [5.41, 5.74) is 1.61. The Morgan fingerprint density at radius 2 is 1.77 bits per heavy atom. The van der Waals surface area contributed by atoms with Crippen molar-refractivity contribution in [1.29, 1.82) is 0 Å². The van der Waals surface area contributed by atoms with Crippen LogP contribution in [0.1, 0.15) is 24.5 Å². The highest BCUT2D eigenvalue weighted by atomic mass is 127. The Balaban J connectivity index is 1.23. The molecule has 8 heteroatoms. The first-order valence-corrected chi connectivity index (χ1v) is 13.4. The van der Waals surface area contributed by atoms with E-state index in [2.05, 4.69) is 39.8 Å². The molecule has 1 saturated heterocycles. The van der Waals surface area contributed by atoms with Crippen LogP contribution in [0.2, 0.25) is 5.02 Å². The molecule has 2 aromatic carbocycles. The van der Waals surface area contributed by atoms with Gasteiger partial charge in [-0.05, 0) is 83.4 Å². The molecule has 1 heterocycles. The third-order valence-electron chi connectivity index (χ3n) is 7.62. The number of allylic oxidation sites excluding steroid dienone is 2. The van der Waals surface area contributed by atoms with E-state index in [0.29, 0.717) is 41.6 Å². The zero-order valence-corrected chi connectivity index (χ0v) is 22.0. The molecule has 6 atom stereocenters. The molecule has 2 saturated carbocycles. The van der Waals surface area contributed by atoms with E-state index in [-0.39, 0.29) is 35.5 Å². The Morgan fingerprint density at radius 1 is 1.09 bits per heavy atom. The second-order valence-corrected chi connectivity index (χ2v) is 11.1. The molecular formula is C27H24ClIN2O4. The van der Waals surface area contributed by atoms with Gasteiger partial charge in [-0.25, -0.2) is 0 Å². The lowest BCUT2D eigenvalue weighted by Gasteiger charge is -2.37. The quantitative estimate of drug-likeness (QED) is 0.187. The molecule has 0 radical (unpaired) electrons.